The van der Waals surface area contributed by atoms with Crippen molar-refractivity contribution in [3.63, 3.8) is 0 Å². The van der Waals surface area contributed by atoms with Crippen LogP contribution in [0.4, 0.5) is 5.82 Å². The second kappa shape index (κ2) is 4.83. The SMILES string of the molecule is CCn1cc(S(=O)(=O)NCc2ccco2)c(N)n1. The van der Waals surface area contributed by atoms with Crippen molar-refractivity contribution in [2.45, 2.75) is 24.9 Å². The summed E-state index contributed by atoms with van der Waals surface area (Å²) in [6.45, 7) is 2.48. The average Bonchev–Trinajstić information content (AvgIpc) is 2.95. The lowest BCUT2D eigenvalue weighted by Gasteiger charge is -2.03. The lowest BCUT2D eigenvalue weighted by molar-refractivity contribution is 0.498. The lowest BCUT2D eigenvalue weighted by Crippen LogP contribution is -2.23. The Kier molecular flexibility index (Phi) is 3.39. The van der Waals surface area contributed by atoms with Crippen LogP contribution in [0.15, 0.2) is 33.9 Å². The highest BCUT2D eigenvalue weighted by atomic mass is 32.2. The maximum absolute atomic E-state index is 12.0. The van der Waals surface area contributed by atoms with Crippen LogP contribution in [0.25, 0.3) is 0 Å². The molecule has 3 N–H and O–H groups in total. The Balaban J connectivity index is 2.17. The van der Waals surface area contributed by atoms with Gasteiger partial charge in [-0.2, -0.15) is 5.10 Å². The number of aryl methyl sites for hydroxylation is 1. The molecule has 0 fully saturated rings. The highest BCUT2D eigenvalue weighted by Gasteiger charge is 2.20. The number of hydrogen-bond donors (Lipinski definition) is 2. The maximum atomic E-state index is 12.0. The highest BCUT2D eigenvalue weighted by molar-refractivity contribution is 7.89. The number of nitrogens with two attached hydrogens (primary N) is 1. The highest BCUT2D eigenvalue weighted by Crippen LogP contribution is 2.16. The Morgan fingerprint density at radius 2 is 2.33 bits per heavy atom. The van der Waals surface area contributed by atoms with E-state index >= 15 is 0 Å². The van der Waals surface area contributed by atoms with Gasteiger partial charge in [-0.25, -0.2) is 13.1 Å². The number of hydrogen-bond acceptors (Lipinski definition) is 5. The first-order chi connectivity index (χ1) is 8.53. The van der Waals surface area contributed by atoms with Crippen molar-refractivity contribution in [1.82, 2.24) is 14.5 Å². The quantitative estimate of drug-likeness (QED) is 0.826. The minimum Gasteiger partial charge on any atom is -0.468 e. The molecule has 0 aliphatic heterocycles. The number of aromatic nitrogens is 2. The summed E-state index contributed by atoms with van der Waals surface area (Å²) in [7, 11) is -3.67. The Morgan fingerprint density at radius 1 is 1.56 bits per heavy atom. The Morgan fingerprint density at radius 3 is 2.89 bits per heavy atom. The fourth-order valence-electron chi connectivity index (χ4n) is 1.44. The molecule has 2 aromatic rings. The smallest absolute Gasteiger partial charge is 0.246 e. The fraction of sp³-hybridized carbons (Fsp3) is 0.300. The van der Waals surface area contributed by atoms with E-state index in [-0.39, 0.29) is 17.3 Å². The predicted octanol–water partition coefficient (Wildman–Crippen LogP) is 0.557. The van der Waals surface area contributed by atoms with Gasteiger partial charge in [0.15, 0.2) is 5.82 Å². The Labute approximate surface area is 105 Å². The van der Waals surface area contributed by atoms with Crippen LogP contribution < -0.4 is 10.5 Å². The molecule has 0 aliphatic carbocycles. The van der Waals surface area contributed by atoms with Gasteiger partial charge >= 0.3 is 0 Å². The zero-order chi connectivity index (χ0) is 13.2. The summed E-state index contributed by atoms with van der Waals surface area (Å²) in [5.74, 6) is 0.517. The summed E-state index contributed by atoms with van der Waals surface area (Å²) in [4.78, 5) is -0.0177. The Hall–Kier alpha value is -1.80. The second-order valence-electron chi connectivity index (χ2n) is 3.64. The summed E-state index contributed by atoms with van der Waals surface area (Å²) >= 11 is 0. The van der Waals surface area contributed by atoms with Crippen LogP contribution >= 0.6 is 0 Å². The Bertz CT molecular complexity index is 616. The van der Waals surface area contributed by atoms with Crippen LogP contribution in [-0.2, 0) is 23.1 Å². The third-order valence-electron chi connectivity index (χ3n) is 2.38. The van der Waals surface area contributed by atoms with Crippen LogP contribution in [0.5, 0.6) is 0 Å². The molecular weight excluding hydrogens is 256 g/mol. The molecule has 2 aromatic heterocycles. The number of nitrogens with zero attached hydrogens (tertiary/aromatic N) is 2. The van der Waals surface area contributed by atoms with Crippen molar-refractivity contribution in [2.24, 2.45) is 0 Å². The number of nitrogen functional groups attached to an aromatic ring is 1. The molecule has 0 aromatic carbocycles. The topological polar surface area (TPSA) is 103 Å². The van der Waals surface area contributed by atoms with Crippen molar-refractivity contribution in [2.75, 3.05) is 5.73 Å². The van der Waals surface area contributed by atoms with E-state index in [2.05, 4.69) is 9.82 Å². The van der Waals surface area contributed by atoms with E-state index in [4.69, 9.17) is 10.2 Å². The van der Waals surface area contributed by atoms with Gasteiger partial charge < -0.3 is 10.2 Å². The van der Waals surface area contributed by atoms with E-state index in [1.54, 1.807) is 12.1 Å². The minimum atomic E-state index is -3.67. The monoisotopic (exact) mass is 270 g/mol. The van der Waals surface area contributed by atoms with Crippen LogP contribution in [0.1, 0.15) is 12.7 Å². The van der Waals surface area contributed by atoms with Gasteiger partial charge in [-0.1, -0.05) is 0 Å². The molecule has 7 nitrogen and oxygen atoms in total. The molecule has 0 saturated heterocycles. The first-order valence-corrected chi connectivity index (χ1v) is 6.86. The average molecular weight is 270 g/mol. The van der Waals surface area contributed by atoms with Crippen LogP contribution in [0.3, 0.4) is 0 Å². The van der Waals surface area contributed by atoms with Crippen molar-refractivity contribution in [3.05, 3.63) is 30.4 Å². The number of sulfonamides is 1. The molecule has 8 heteroatoms. The number of nitrogens with one attached hydrogen (secondary N) is 1. The first kappa shape index (κ1) is 12.7. The van der Waals surface area contributed by atoms with Gasteiger partial charge in [-0.05, 0) is 19.1 Å². The number of anilines is 1. The molecule has 2 rings (SSSR count). The second-order valence-corrected chi connectivity index (χ2v) is 5.37. The zero-order valence-electron chi connectivity index (χ0n) is 9.83. The molecule has 18 heavy (non-hydrogen) atoms. The van der Waals surface area contributed by atoms with E-state index in [9.17, 15) is 8.42 Å². The van der Waals surface area contributed by atoms with Gasteiger partial charge in [0.1, 0.15) is 10.7 Å². The summed E-state index contributed by atoms with van der Waals surface area (Å²) in [6.07, 6.45) is 2.88. The summed E-state index contributed by atoms with van der Waals surface area (Å²) < 4.78 is 32.9. The van der Waals surface area contributed by atoms with Crippen LogP contribution in [0.2, 0.25) is 0 Å². The van der Waals surface area contributed by atoms with E-state index in [1.165, 1.54) is 17.1 Å². The maximum Gasteiger partial charge on any atom is 0.246 e. The fourth-order valence-corrected chi connectivity index (χ4v) is 2.51. The van der Waals surface area contributed by atoms with E-state index in [1.807, 2.05) is 6.92 Å². The molecule has 0 atom stereocenters. The minimum absolute atomic E-state index is 0.0104. The van der Waals surface area contributed by atoms with Crippen LogP contribution in [0, 0.1) is 0 Å². The van der Waals surface area contributed by atoms with Crippen molar-refractivity contribution >= 4 is 15.8 Å². The molecule has 2 heterocycles. The van der Waals surface area contributed by atoms with Gasteiger partial charge in [0.05, 0.1) is 12.8 Å². The molecule has 0 unspecified atom stereocenters. The zero-order valence-corrected chi connectivity index (χ0v) is 10.6. The molecule has 0 bridgehead atoms. The van der Waals surface area contributed by atoms with E-state index < -0.39 is 10.0 Å². The molecule has 0 spiro atoms. The summed E-state index contributed by atoms with van der Waals surface area (Å²) in [5, 5.41) is 3.89. The number of rotatable bonds is 5. The molecule has 0 aliphatic rings. The van der Waals surface area contributed by atoms with Gasteiger partial charge in [0, 0.05) is 12.7 Å². The van der Waals surface area contributed by atoms with Gasteiger partial charge in [0.25, 0.3) is 0 Å². The largest absolute Gasteiger partial charge is 0.468 e. The molecule has 0 radical (unpaired) electrons. The van der Waals surface area contributed by atoms with E-state index in [0.29, 0.717) is 12.3 Å². The third kappa shape index (κ3) is 2.54. The molecule has 98 valence electrons. The normalized spacial score (nSPS) is 11.8. The van der Waals surface area contributed by atoms with Gasteiger partial charge in [-0.15, -0.1) is 0 Å². The summed E-state index contributed by atoms with van der Waals surface area (Å²) in [6, 6.07) is 3.37. The summed E-state index contributed by atoms with van der Waals surface area (Å²) in [5.41, 5.74) is 5.58. The molecular formula is C10H14N4O3S. The van der Waals surface area contributed by atoms with Crippen LogP contribution in [-0.4, -0.2) is 18.2 Å². The van der Waals surface area contributed by atoms with Gasteiger partial charge in [0.2, 0.25) is 10.0 Å². The molecule has 0 amide bonds. The van der Waals surface area contributed by atoms with Crippen molar-refractivity contribution in [3.8, 4) is 0 Å². The molecule has 0 saturated carbocycles. The van der Waals surface area contributed by atoms with Gasteiger partial charge in [-0.3, -0.25) is 4.68 Å². The van der Waals surface area contributed by atoms with Crippen molar-refractivity contribution < 1.29 is 12.8 Å². The number of furan rings is 1. The van der Waals surface area contributed by atoms with E-state index in [0.717, 1.165) is 0 Å². The standard InChI is InChI=1S/C10H14N4O3S/c1-2-14-7-9(10(11)13-14)18(15,16)12-6-8-4-3-5-17-8/h3-5,7,12H,2,6H2,1H3,(H2,11,13). The lowest BCUT2D eigenvalue weighted by atomic mass is 10.5. The third-order valence-corrected chi connectivity index (χ3v) is 3.80. The van der Waals surface area contributed by atoms with Crippen molar-refractivity contribution in [1.29, 1.82) is 0 Å². The first-order valence-electron chi connectivity index (χ1n) is 5.38. The predicted molar refractivity (Wildman–Crippen MR) is 65.0 cm³/mol.